The van der Waals surface area contributed by atoms with Gasteiger partial charge in [-0.05, 0) is 41.6 Å². The smallest absolute Gasteiger partial charge is 0.122 e. The van der Waals surface area contributed by atoms with Gasteiger partial charge in [-0.15, -0.1) is 0 Å². The summed E-state index contributed by atoms with van der Waals surface area (Å²) >= 11 is 0. The molecule has 2 saturated carbocycles. The van der Waals surface area contributed by atoms with E-state index in [0.29, 0.717) is 16.9 Å². The molecule has 0 amide bonds. The maximum absolute atomic E-state index is 4.59. The number of nitrogens with one attached hydrogen (secondary N) is 1. The molecule has 0 unspecified atom stereocenters. The van der Waals surface area contributed by atoms with Gasteiger partial charge in [-0.1, -0.05) is 51.1 Å². The van der Waals surface area contributed by atoms with E-state index in [1.165, 1.54) is 24.8 Å². The van der Waals surface area contributed by atoms with Crippen molar-refractivity contribution in [3.63, 3.8) is 0 Å². The Morgan fingerprint density at radius 3 is 2.67 bits per heavy atom. The molecular formula is C21H29N3. The van der Waals surface area contributed by atoms with Crippen LogP contribution in [-0.4, -0.2) is 15.6 Å². The van der Waals surface area contributed by atoms with E-state index in [2.05, 4.69) is 72.2 Å². The number of fused-ring (bicyclic) bond motifs is 2. The second-order valence-electron chi connectivity index (χ2n) is 8.50. The number of aromatic nitrogens is 2. The number of rotatable bonds is 5. The van der Waals surface area contributed by atoms with Crippen LogP contribution in [0, 0.1) is 16.7 Å². The van der Waals surface area contributed by atoms with Gasteiger partial charge in [-0.3, -0.25) is 0 Å². The molecule has 0 aliphatic heterocycles. The third-order valence-corrected chi connectivity index (χ3v) is 7.30. The predicted octanol–water partition coefficient (Wildman–Crippen LogP) is 4.24. The summed E-state index contributed by atoms with van der Waals surface area (Å²) in [6, 6.07) is 11.2. The molecule has 1 aromatic heterocycles. The average molecular weight is 323 g/mol. The number of nitrogens with zero attached hydrogens (tertiary/aromatic N) is 2. The molecule has 2 aliphatic rings. The lowest BCUT2D eigenvalue weighted by Gasteiger charge is -2.39. The fourth-order valence-electron chi connectivity index (χ4n) is 5.16. The molecule has 0 radical (unpaired) electrons. The van der Waals surface area contributed by atoms with Gasteiger partial charge in [0, 0.05) is 25.0 Å². The molecule has 1 heterocycles. The van der Waals surface area contributed by atoms with Gasteiger partial charge in [0.15, 0.2) is 0 Å². The Balaban J connectivity index is 1.44. The predicted molar refractivity (Wildman–Crippen MR) is 97.6 cm³/mol. The lowest BCUT2D eigenvalue weighted by atomic mass is 9.69. The van der Waals surface area contributed by atoms with E-state index in [1.54, 1.807) is 0 Å². The molecular weight excluding hydrogens is 294 g/mol. The van der Waals surface area contributed by atoms with Crippen LogP contribution >= 0.6 is 0 Å². The standard InChI is InChI=1S/C21H29N3/c1-20(2)17-9-10-21(20,3)18(13-17)23-14-19-22-11-12-24(19)15-16-7-5-4-6-8-16/h4-8,11-12,17-18,23H,9-10,13-15H2,1-3H3/t17-,18-,21+/m1/s1. The summed E-state index contributed by atoms with van der Waals surface area (Å²) in [6.45, 7) is 9.20. The van der Waals surface area contributed by atoms with Gasteiger partial charge in [-0.25, -0.2) is 4.98 Å². The topological polar surface area (TPSA) is 29.9 Å². The van der Waals surface area contributed by atoms with E-state index in [1.807, 2.05) is 6.20 Å². The lowest BCUT2D eigenvalue weighted by Crippen LogP contribution is -2.44. The quantitative estimate of drug-likeness (QED) is 0.892. The minimum absolute atomic E-state index is 0.425. The monoisotopic (exact) mass is 323 g/mol. The summed E-state index contributed by atoms with van der Waals surface area (Å²) in [4.78, 5) is 4.59. The lowest BCUT2D eigenvalue weighted by molar-refractivity contribution is 0.120. The van der Waals surface area contributed by atoms with Gasteiger partial charge in [0.25, 0.3) is 0 Å². The van der Waals surface area contributed by atoms with E-state index < -0.39 is 0 Å². The maximum atomic E-state index is 4.59. The molecule has 1 N–H and O–H groups in total. The van der Waals surface area contributed by atoms with E-state index in [4.69, 9.17) is 0 Å². The number of hydrogen-bond donors (Lipinski definition) is 1. The van der Waals surface area contributed by atoms with Crippen molar-refractivity contribution < 1.29 is 0 Å². The van der Waals surface area contributed by atoms with Gasteiger partial charge in [0.05, 0.1) is 6.54 Å². The molecule has 2 bridgehead atoms. The van der Waals surface area contributed by atoms with E-state index in [9.17, 15) is 0 Å². The highest BCUT2D eigenvalue weighted by atomic mass is 15.1. The van der Waals surface area contributed by atoms with Crippen molar-refractivity contribution in [3.05, 3.63) is 54.1 Å². The van der Waals surface area contributed by atoms with Gasteiger partial charge < -0.3 is 9.88 Å². The van der Waals surface area contributed by atoms with Crippen LogP contribution in [0.1, 0.15) is 51.4 Å². The number of benzene rings is 1. The van der Waals surface area contributed by atoms with Crippen LogP contribution in [0.4, 0.5) is 0 Å². The molecule has 3 atom stereocenters. The molecule has 1 aromatic carbocycles. The molecule has 2 fully saturated rings. The fourth-order valence-corrected chi connectivity index (χ4v) is 5.16. The zero-order valence-corrected chi connectivity index (χ0v) is 15.1. The highest BCUT2D eigenvalue weighted by Gasteiger charge is 2.60. The molecule has 3 heteroatoms. The molecule has 4 rings (SSSR count). The van der Waals surface area contributed by atoms with Crippen LogP contribution in [0.2, 0.25) is 0 Å². The largest absolute Gasteiger partial charge is 0.329 e. The summed E-state index contributed by atoms with van der Waals surface area (Å²) in [5.41, 5.74) is 2.21. The van der Waals surface area contributed by atoms with Crippen molar-refractivity contribution in [2.75, 3.05) is 0 Å². The van der Waals surface area contributed by atoms with E-state index >= 15 is 0 Å². The molecule has 24 heavy (non-hydrogen) atoms. The van der Waals surface area contributed by atoms with Crippen LogP contribution in [0.5, 0.6) is 0 Å². The Bertz CT molecular complexity index is 703. The molecule has 0 spiro atoms. The van der Waals surface area contributed by atoms with E-state index in [0.717, 1.165) is 24.8 Å². The van der Waals surface area contributed by atoms with Gasteiger partial charge in [0.2, 0.25) is 0 Å². The minimum atomic E-state index is 0.425. The Morgan fingerprint density at radius 1 is 1.21 bits per heavy atom. The molecule has 128 valence electrons. The Hall–Kier alpha value is -1.61. The van der Waals surface area contributed by atoms with Crippen molar-refractivity contribution in [2.45, 2.75) is 59.2 Å². The van der Waals surface area contributed by atoms with E-state index in [-0.39, 0.29) is 0 Å². The Labute approximate surface area is 145 Å². The SMILES string of the molecule is CC1(C)[C@@H]2CC[C@@]1(C)[C@H](NCc1nccn1Cc1ccccc1)C2. The third kappa shape index (κ3) is 2.41. The van der Waals surface area contributed by atoms with Crippen LogP contribution in [0.15, 0.2) is 42.7 Å². The normalized spacial score (nSPS) is 30.8. The summed E-state index contributed by atoms with van der Waals surface area (Å²) in [6.07, 6.45) is 8.11. The van der Waals surface area contributed by atoms with Crippen LogP contribution in [-0.2, 0) is 13.1 Å². The summed E-state index contributed by atoms with van der Waals surface area (Å²) in [7, 11) is 0. The van der Waals surface area contributed by atoms with Crippen molar-refractivity contribution in [1.82, 2.24) is 14.9 Å². The zero-order chi connectivity index (χ0) is 16.8. The van der Waals surface area contributed by atoms with Crippen LogP contribution in [0.3, 0.4) is 0 Å². The van der Waals surface area contributed by atoms with Gasteiger partial charge >= 0.3 is 0 Å². The molecule has 0 saturated heterocycles. The first-order valence-electron chi connectivity index (χ1n) is 9.28. The number of imidazole rings is 1. The highest BCUT2D eigenvalue weighted by Crippen LogP contribution is 2.65. The van der Waals surface area contributed by atoms with Gasteiger partial charge in [0.1, 0.15) is 5.82 Å². The Morgan fingerprint density at radius 2 is 2.00 bits per heavy atom. The number of hydrogen-bond acceptors (Lipinski definition) is 2. The molecule has 2 aromatic rings. The van der Waals surface area contributed by atoms with Crippen molar-refractivity contribution in [1.29, 1.82) is 0 Å². The minimum Gasteiger partial charge on any atom is -0.329 e. The summed E-state index contributed by atoms with van der Waals surface area (Å²) in [5.74, 6) is 2.02. The van der Waals surface area contributed by atoms with Crippen molar-refractivity contribution in [3.8, 4) is 0 Å². The van der Waals surface area contributed by atoms with Crippen molar-refractivity contribution in [2.24, 2.45) is 16.7 Å². The fraction of sp³-hybridized carbons (Fsp3) is 0.571. The summed E-state index contributed by atoms with van der Waals surface area (Å²) < 4.78 is 2.27. The first kappa shape index (κ1) is 15.9. The van der Waals surface area contributed by atoms with Crippen molar-refractivity contribution >= 4 is 0 Å². The maximum Gasteiger partial charge on any atom is 0.122 e. The summed E-state index contributed by atoms with van der Waals surface area (Å²) in [5, 5.41) is 3.85. The van der Waals surface area contributed by atoms with Crippen LogP contribution < -0.4 is 5.32 Å². The molecule has 2 aliphatic carbocycles. The van der Waals surface area contributed by atoms with Gasteiger partial charge in [-0.2, -0.15) is 0 Å². The second kappa shape index (κ2) is 5.73. The third-order valence-electron chi connectivity index (χ3n) is 7.30. The zero-order valence-electron chi connectivity index (χ0n) is 15.1. The average Bonchev–Trinajstić information content (AvgIpc) is 3.15. The second-order valence-corrected chi connectivity index (χ2v) is 8.50. The van der Waals surface area contributed by atoms with Crippen LogP contribution in [0.25, 0.3) is 0 Å². The first-order valence-corrected chi connectivity index (χ1v) is 9.28. The first-order chi connectivity index (χ1) is 11.5. The molecule has 3 nitrogen and oxygen atoms in total. The Kier molecular flexibility index (Phi) is 3.80. The highest BCUT2D eigenvalue weighted by molar-refractivity contribution is 5.16.